The van der Waals surface area contributed by atoms with Crippen LogP contribution in [0.4, 0.5) is 0 Å². The van der Waals surface area contributed by atoms with E-state index in [0.29, 0.717) is 44.5 Å². The number of benzene rings is 6. The average Bonchev–Trinajstić information content (AvgIpc) is 3.60. The fourth-order valence-electron chi connectivity index (χ4n) is 7.78. The van der Waals surface area contributed by atoms with Crippen LogP contribution in [0.5, 0.6) is 0 Å². The van der Waals surface area contributed by atoms with Crippen molar-refractivity contribution in [2.45, 2.75) is 83.0 Å². The van der Waals surface area contributed by atoms with Gasteiger partial charge in [0, 0.05) is 10.6 Å². The Morgan fingerprint density at radius 2 is 1.09 bits per heavy atom. The standard InChI is InChI=1S/C50H49ClO6/c1-2-36-23-25-37(26-24-36)27-42-28-44-43(29-45(42)51)34-56-50(44)49(55-33-41-21-13-6-14-22-41)48(54-32-40-19-11-5-12-20-40)47(53-31-39-17-9-4-10-18-39)46(57-50)35-52-30-38-15-7-3-8-16-38/h3-26,28-29,46-49H,2,27,30-35H2,1H3/t46-,47-,48+,49-,50?/m1/s1. The van der Waals surface area contributed by atoms with E-state index in [9.17, 15) is 0 Å². The van der Waals surface area contributed by atoms with Gasteiger partial charge in [0.05, 0.1) is 39.6 Å². The van der Waals surface area contributed by atoms with Gasteiger partial charge in [0.15, 0.2) is 0 Å². The second-order valence-electron chi connectivity index (χ2n) is 14.8. The molecule has 0 saturated carbocycles. The summed E-state index contributed by atoms with van der Waals surface area (Å²) in [5.74, 6) is -1.36. The van der Waals surface area contributed by atoms with Crippen molar-refractivity contribution < 1.29 is 28.4 Å². The first-order valence-corrected chi connectivity index (χ1v) is 20.3. The Balaban J connectivity index is 1.21. The lowest BCUT2D eigenvalue weighted by Gasteiger charge is -2.51. The lowest BCUT2D eigenvalue weighted by atomic mass is 9.85. The molecular weight excluding hydrogens is 732 g/mol. The van der Waals surface area contributed by atoms with E-state index in [1.165, 1.54) is 11.1 Å². The largest absolute Gasteiger partial charge is 0.374 e. The molecule has 7 heteroatoms. The highest BCUT2D eigenvalue weighted by Gasteiger charge is 2.61. The fraction of sp³-hybridized carbons (Fsp3) is 0.280. The van der Waals surface area contributed by atoms with Crippen LogP contribution in [0.3, 0.4) is 0 Å². The first-order valence-electron chi connectivity index (χ1n) is 19.9. The second-order valence-corrected chi connectivity index (χ2v) is 15.2. The summed E-state index contributed by atoms with van der Waals surface area (Å²) in [4.78, 5) is 0. The molecule has 57 heavy (non-hydrogen) atoms. The summed E-state index contributed by atoms with van der Waals surface area (Å²) < 4.78 is 41.8. The molecule has 0 aliphatic carbocycles. The number of aryl methyl sites for hydroxylation is 1. The van der Waals surface area contributed by atoms with Gasteiger partial charge in [-0.1, -0.05) is 164 Å². The highest BCUT2D eigenvalue weighted by Crippen LogP contribution is 2.50. The van der Waals surface area contributed by atoms with Crippen LogP contribution in [0.15, 0.2) is 158 Å². The Bertz CT molecular complexity index is 2150. The Morgan fingerprint density at radius 1 is 0.579 bits per heavy atom. The maximum Gasteiger partial charge on any atom is 0.226 e. The van der Waals surface area contributed by atoms with Crippen molar-refractivity contribution in [1.29, 1.82) is 0 Å². The topological polar surface area (TPSA) is 55.4 Å². The lowest BCUT2D eigenvalue weighted by molar-refractivity contribution is -0.387. The van der Waals surface area contributed by atoms with E-state index in [4.69, 9.17) is 40.0 Å². The number of halogens is 1. The third-order valence-electron chi connectivity index (χ3n) is 10.8. The van der Waals surface area contributed by atoms with E-state index in [0.717, 1.165) is 45.4 Å². The maximum absolute atomic E-state index is 7.34. The molecule has 6 aromatic carbocycles. The molecule has 292 valence electrons. The Labute approximate surface area is 341 Å². The second kappa shape index (κ2) is 18.8. The minimum Gasteiger partial charge on any atom is -0.374 e. The van der Waals surface area contributed by atoms with Gasteiger partial charge >= 0.3 is 0 Å². The van der Waals surface area contributed by atoms with E-state index >= 15 is 0 Å². The zero-order valence-electron chi connectivity index (χ0n) is 32.3. The molecule has 1 fully saturated rings. The van der Waals surface area contributed by atoms with Crippen molar-refractivity contribution in [3.05, 3.63) is 213 Å². The van der Waals surface area contributed by atoms with Crippen molar-refractivity contribution in [3.8, 4) is 0 Å². The van der Waals surface area contributed by atoms with Crippen molar-refractivity contribution in [2.75, 3.05) is 6.61 Å². The monoisotopic (exact) mass is 780 g/mol. The summed E-state index contributed by atoms with van der Waals surface area (Å²) in [6, 6.07) is 53.6. The number of fused-ring (bicyclic) bond motifs is 2. The highest BCUT2D eigenvalue weighted by atomic mass is 35.5. The predicted molar refractivity (Wildman–Crippen MR) is 223 cm³/mol. The van der Waals surface area contributed by atoms with Crippen LogP contribution >= 0.6 is 11.6 Å². The molecule has 6 nitrogen and oxygen atoms in total. The minimum absolute atomic E-state index is 0.232. The Kier molecular flexibility index (Phi) is 12.9. The molecule has 0 radical (unpaired) electrons. The van der Waals surface area contributed by atoms with Gasteiger partial charge in [-0.05, 0) is 69.5 Å². The summed E-state index contributed by atoms with van der Waals surface area (Å²) in [6.45, 7) is 4.10. The number of rotatable bonds is 16. The molecule has 0 amide bonds. The number of ether oxygens (including phenoxy) is 6. The van der Waals surface area contributed by atoms with Gasteiger partial charge in [-0.2, -0.15) is 0 Å². The van der Waals surface area contributed by atoms with E-state index in [-0.39, 0.29) is 6.61 Å². The van der Waals surface area contributed by atoms with Crippen molar-refractivity contribution in [1.82, 2.24) is 0 Å². The Hall–Kier alpha value is -4.63. The summed E-state index contributed by atoms with van der Waals surface area (Å²) in [7, 11) is 0. The first kappa shape index (κ1) is 39.2. The molecule has 6 aromatic rings. The van der Waals surface area contributed by atoms with Gasteiger partial charge < -0.3 is 28.4 Å². The van der Waals surface area contributed by atoms with Crippen LogP contribution in [0, 0.1) is 0 Å². The van der Waals surface area contributed by atoms with Gasteiger partial charge in [0.2, 0.25) is 5.79 Å². The molecule has 1 spiro atoms. The normalized spacial score (nSPS) is 21.4. The van der Waals surface area contributed by atoms with Gasteiger partial charge in [0.1, 0.15) is 24.4 Å². The van der Waals surface area contributed by atoms with Gasteiger partial charge in [-0.3, -0.25) is 0 Å². The smallest absolute Gasteiger partial charge is 0.226 e. The molecule has 1 unspecified atom stereocenters. The van der Waals surface area contributed by atoms with Crippen molar-refractivity contribution >= 4 is 11.6 Å². The molecule has 2 heterocycles. The van der Waals surface area contributed by atoms with Crippen molar-refractivity contribution in [2.24, 2.45) is 0 Å². The van der Waals surface area contributed by atoms with Crippen molar-refractivity contribution in [3.63, 3.8) is 0 Å². The van der Waals surface area contributed by atoms with Crippen LogP contribution in [-0.2, 0) is 80.1 Å². The van der Waals surface area contributed by atoms with Gasteiger partial charge in [-0.25, -0.2) is 0 Å². The molecule has 2 aliphatic rings. The fourth-order valence-corrected chi connectivity index (χ4v) is 8.04. The molecule has 0 N–H and O–H groups in total. The SMILES string of the molecule is CCc1ccc(Cc2cc3c(cc2Cl)COC32O[C@H](COCc3ccccc3)[C@@H](OCc3ccccc3)[C@H](OCc3ccccc3)[C@H]2OCc2ccccc2)cc1. The van der Waals surface area contributed by atoms with Gasteiger partial charge in [0.25, 0.3) is 0 Å². The molecule has 5 atom stereocenters. The number of hydrogen-bond donors (Lipinski definition) is 0. The zero-order valence-corrected chi connectivity index (χ0v) is 33.1. The van der Waals surface area contributed by atoms with E-state index < -0.39 is 30.2 Å². The molecule has 2 aliphatic heterocycles. The zero-order chi connectivity index (χ0) is 38.9. The molecule has 8 rings (SSSR count). The molecular formula is C50H49ClO6. The minimum atomic E-state index is -1.36. The molecule has 0 bridgehead atoms. The van der Waals surface area contributed by atoms with E-state index in [1.807, 2.05) is 78.9 Å². The third-order valence-corrected chi connectivity index (χ3v) is 11.2. The third kappa shape index (κ3) is 9.41. The van der Waals surface area contributed by atoms with Crippen LogP contribution < -0.4 is 0 Å². The lowest BCUT2D eigenvalue weighted by Crippen LogP contribution is -2.65. The van der Waals surface area contributed by atoms with Gasteiger partial charge in [-0.15, -0.1) is 0 Å². The van der Waals surface area contributed by atoms with Crippen LogP contribution in [0.2, 0.25) is 5.02 Å². The van der Waals surface area contributed by atoms with E-state index in [1.54, 1.807) is 0 Å². The van der Waals surface area contributed by atoms with Crippen LogP contribution in [-0.4, -0.2) is 31.0 Å². The van der Waals surface area contributed by atoms with E-state index in [2.05, 4.69) is 85.8 Å². The molecule has 0 aromatic heterocycles. The highest BCUT2D eigenvalue weighted by molar-refractivity contribution is 6.31. The summed E-state index contributed by atoms with van der Waals surface area (Å²) in [6.07, 6.45) is -0.923. The molecule has 1 saturated heterocycles. The first-order chi connectivity index (χ1) is 28.1. The number of hydrogen-bond acceptors (Lipinski definition) is 6. The van der Waals surface area contributed by atoms with Crippen LogP contribution in [0.25, 0.3) is 0 Å². The maximum atomic E-state index is 7.34. The quantitative estimate of drug-likeness (QED) is 0.0975. The average molecular weight is 781 g/mol. The summed E-state index contributed by atoms with van der Waals surface area (Å²) >= 11 is 7.05. The predicted octanol–water partition coefficient (Wildman–Crippen LogP) is 10.5. The summed E-state index contributed by atoms with van der Waals surface area (Å²) in [5, 5.41) is 0.690. The Morgan fingerprint density at radius 3 is 1.65 bits per heavy atom. The van der Waals surface area contributed by atoms with Crippen LogP contribution in [0.1, 0.15) is 57.0 Å². The summed E-state index contributed by atoms with van der Waals surface area (Å²) in [5.41, 5.74) is 9.46.